The Morgan fingerprint density at radius 2 is 1.73 bits per heavy atom. The van der Waals surface area contributed by atoms with Crippen molar-refractivity contribution in [3.8, 4) is 5.75 Å². The van der Waals surface area contributed by atoms with Gasteiger partial charge in [-0.1, -0.05) is 48.5 Å². The van der Waals surface area contributed by atoms with E-state index in [9.17, 15) is 5.11 Å². The first-order valence-electron chi connectivity index (χ1n) is 8.87. The summed E-state index contributed by atoms with van der Waals surface area (Å²) in [6.07, 6.45) is -0.594. The van der Waals surface area contributed by atoms with Crippen LogP contribution in [0.5, 0.6) is 5.75 Å². The number of hydrogen-bond donors (Lipinski definition) is 1. The molecule has 4 rings (SSSR count). The summed E-state index contributed by atoms with van der Waals surface area (Å²) in [6.45, 7) is 2.82. The van der Waals surface area contributed by atoms with E-state index in [1.807, 2.05) is 49.5 Å². The number of hydrogen-bond acceptors (Lipinski definition) is 2. The number of aliphatic hydroxyl groups is 1. The predicted octanol–water partition coefficient (Wildman–Crippen LogP) is 3.37. The molecule has 0 bridgehead atoms. The van der Waals surface area contributed by atoms with Crippen LogP contribution in [-0.4, -0.2) is 22.4 Å². The zero-order valence-corrected chi connectivity index (χ0v) is 15.1. The number of aliphatic hydroxyl groups excluding tert-OH is 1. The number of imidazole rings is 1. The number of rotatable bonds is 5. The van der Waals surface area contributed by atoms with Gasteiger partial charge in [-0.2, -0.15) is 0 Å². The van der Waals surface area contributed by atoms with Gasteiger partial charge in [-0.15, -0.1) is 0 Å². The maximum Gasteiger partial charge on any atom is 0.254 e. The smallest absolute Gasteiger partial charge is 0.254 e. The summed E-state index contributed by atoms with van der Waals surface area (Å²) >= 11 is 0. The fourth-order valence-electron chi connectivity index (χ4n) is 3.51. The highest BCUT2D eigenvalue weighted by Gasteiger charge is 2.21. The summed E-state index contributed by atoms with van der Waals surface area (Å²) in [6, 6.07) is 22.4. The van der Waals surface area contributed by atoms with Crippen molar-refractivity contribution in [1.29, 1.82) is 0 Å². The highest BCUT2D eigenvalue weighted by molar-refractivity contribution is 5.88. The Kier molecular flexibility index (Phi) is 4.35. The molecule has 1 N–H and O–H groups in total. The third-order valence-electron chi connectivity index (χ3n) is 4.98. The van der Waals surface area contributed by atoms with Crippen molar-refractivity contribution in [2.45, 2.75) is 19.6 Å². The fraction of sp³-hybridized carbons (Fsp3) is 0.227. The molecule has 1 aromatic heterocycles. The van der Waals surface area contributed by atoms with Crippen LogP contribution in [0.15, 0.2) is 66.7 Å². The minimum Gasteiger partial charge on any atom is -0.490 e. The van der Waals surface area contributed by atoms with E-state index in [1.54, 1.807) is 0 Å². The summed E-state index contributed by atoms with van der Waals surface area (Å²) in [4.78, 5) is 0. The Morgan fingerprint density at radius 3 is 2.62 bits per heavy atom. The van der Waals surface area contributed by atoms with Crippen LogP contribution in [0.1, 0.15) is 5.82 Å². The highest BCUT2D eigenvalue weighted by atomic mass is 16.5. The van der Waals surface area contributed by atoms with Crippen LogP contribution in [0, 0.1) is 6.92 Å². The lowest BCUT2D eigenvalue weighted by atomic mass is 10.1. The molecule has 1 heterocycles. The van der Waals surface area contributed by atoms with Crippen LogP contribution >= 0.6 is 0 Å². The van der Waals surface area contributed by atoms with Gasteiger partial charge in [-0.05, 0) is 23.6 Å². The Bertz CT molecular complexity index is 1060. The standard InChI is InChI=1S/C22H23N2O2/c1-16-23(2)20-11-5-6-12-21(20)24(16)14-18(25)15-26-22-13-7-9-17-8-3-4-10-19(17)22/h3-13,18,25H,14-15H2,1-2H3/q+1/t18-/m1/s1. The lowest BCUT2D eigenvalue weighted by molar-refractivity contribution is -0.652. The molecule has 3 aromatic carbocycles. The largest absolute Gasteiger partial charge is 0.490 e. The molecule has 0 unspecified atom stereocenters. The number of aromatic nitrogens is 2. The summed E-state index contributed by atoms with van der Waals surface area (Å²) in [5.74, 6) is 1.91. The van der Waals surface area contributed by atoms with Gasteiger partial charge in [0.25, 0.3) is 5.82 Å². The van der Waals surface area contributed by atoms with Crippen molar-refractivity contribution < 1.29 is 14.4 Å². The van der Waals surface area contributed by atoms with Crippen molar-refractivity contribution in [1.82, 2.24) is 4.57 Å². The van der Waals surface area contributed by atoms with Crippen LogP contribution in [0.25, 0.3) is 21.8 Å². The van der Waals surface area contributed by atoms with E-state index in [4.69, 9.17) is 4.74 Å². The summed E-state index contributed by atoms with van der Waals surface area (Å²) in [7, 11) is 2.05. The molecule has 4 aromatic rings. The lowest BCUT2D eigenvalue weighted by Crippen LogP contribution is -2.32. The van der Waals surface area contributed by atoms with E-state index in [2.05, 4.69) is 40.3 Å². The predicted molar refractivity (Wildman–Crippen MR) is 103 cm³/mol. The van der Waals surface area contributed by atoms with Gasteiger partial charge in [0.1, 0.15) is 25.0 Å². The minimum absolute atomic E-state index is 0.254. The van der Waals surface area contributed by atoms with Gasteiger partial charge >= 0.3 is 0 Å². The van der Waals surface area contributed by atoms with E-state index in [0.29, 0.717) is 6.54 Å². The summed E-state index contributed by atoms with van der Waals surface area (Å²) < 4.78 is 10.2. The van der Waals surface area contributed by atoms with Crippen molar-refractivity contribution in [2.75, 3.05) is 6.61 Å². The summed E-state index contributed by atoms with van der Waals surface area (Å²) in [5, 5.41) is 12.8. The molecule has 0 aliphatic heterocycles. The van der Waals surface area contributed by atoms with Gasteiger partial charge in [0.2, 0.25) is 0 Å². The number of benzene rings is 3. The lowest BCUT2D eigenvalue weighted by Gasteiger charge is -2.13. The second kappa shape index (κ2) is 6.81. The van der Waals surface area contributed by atoms with Gasteiger partial charge in [0, 0.05) is 12.3 Å². The fourth-order valence-corrected chi connectivity index (χ4v) is 3.51. The van der Waals surface area contributed by atoms with Crippen LogP contribution < -0.4 is 9.30 Å². The van der Waals surface area contributed by atoms with E-state index in [0.717, 1.165) is 33.4 Å². The average Bonchev–Trinajstić information content (AvgIpc) is 2.91. The molecular formula is C22H23N2O2+. The Balaban J connectivity index is 1.53. The Hall–Kier alpha value is -2.85. The van der Waals surface area contributed by atoms with Crippen LogP contribution in [0.4, 0.5) is 0 Å². The van der Waals surface area contributed by atoms with Gasteiger partial charge in [-0.25, -0.2) is 9.13 Å². The molecular weight excluding hydrogens is 324 g/mol. The number of aryl methyl sites for hydroxylation is 1. The Morgan fingerprint density at radius 1 is 1.00 bits per heavy atom. The van der Waals surface area contributed by atoms with Crippen LogP contribution in [-0.2, 0) is 13.6 Å². The minimum atomic E-state index is -0.594. The van der Waals surface area contributed by atoms with Crippen molar-refractivity contribution in [3.63, 3.8) is 0 Å². The molecule has 132 valence electrons. The van der Waals surface area contributed by atoms with Gasteiger partial charge in [-0.3, -0.25) is 0 Å². The molecule has 0 fully saturated rings. The molecule has 0 aliphatic rings. The first kappa shape index (κ1) is 16.6. The molecule has 1 atom stereocenters. The topological polar surface area (TPSA) is 38.3 Å². The maximum atomic E-state index is 10.6. The summed E-state index contributed by atoms with van der Waals surface area (Å²) in [5.41, 5.74) is 2.28. The molecule has 0 saturated heterocycles. The third kappa shape index (κ3) is 2.93. The maximum absolute atomic E-state index is 10.6. The first-order valence-corrected chi connectivity index (χ1v) is 8.87. The zero-order valence-electron chi connectivity index (χ0n) is 15.1. The number of ether oxygens (including phenoxy) is 1. The van der Waals surface area contributed by atoms with E-state index < -0.39 is 6.10 Å². The molecule has 0 saturated carbocycles. The molecule has 0 aliphatic carbocycles. The second-order valence-corrected chi connectivity index (χ2v) is 6.65. The molecule has 0 spiro atoms. The van der Waals surface area contributed by atoms with E-state index in [1.165, 1.54) is 0 Å². The van der Waals surface area contributed by atoms with E-state index >= 15 is 0 Å². The first-order chi connectivity index (χ1) is 12.6. The number of para-hydroxylation sites is 2. The molecule has 0 radical (unpaired) electrons. The number of nitrogens with zero attached hydrogens (tertiary/aromatic N) is 2. The van der Waals surface area contributed by atoms with Crippen molar-refractivity contribution in [2.24, 2.45) is 7.05 Å². The molecule has 4 heteroatoms. The van der Waals surface area contributed by atoms with Crippen molar-refractivity contribution >= 4 is 21.8 Å². The average molecular weight is 347 g/mol. The Labute approximate surface area is 152 Å². The van der Waals surface area contributed by atoms with Crippen LogP contribution in [0.3, 0.4) is 0 Å². The highest BCUT2D eigenvalue weighted by Crippen LogP contribution is 2.25. The quantitative estimate of drug-likeness (QED) is 0.562. The zero-order chi connectivity index (χ0) is 18.1. The van der Waals surface area contributed by atoms with Crippen molar-refractivity contribution in [3.05, 3.63) is 72.6 Å². The molecule has 0 amide bonds. The van der Waals surface area contributed by atoms with Gasteiger partial charge in [0.05, 0.1) is 7.05 Å². The SMILES string of the molecule is Cc1n(C[C@@H](O)COc2cccc3ccccc23)c2ccccc2[n+]1C. The number of fused-ring (bicyclic) bond motifs is 2. The second-order valence-electron chi connectivity index (χ2n) is 6.65. The molecule has 26 heavy (non-hydrogen) atoms. The van der Waals surface area contributed by atoms with Gasteiger partial charge in [0.15, 0.2) is 11.0 Å². The van der Waals surface area contributed by atoms with E-state index in [-0.39, 0.29) is 6.61 Å². The van der Waals surface area contributed by atoms with Gasteiger partial charge < -0.3 is 9.84 Å². The molecule has 4 nitrogen and oxygen atoms in total. The van der Waals surface area contributed by atoms with Crippen LogP contribution in [0.2, 0.25) is 0 Å². The third-order valence-corrected chi connectivity index (χ3v) is 4.98. The monoisotopic (exact) mass is 347 g/mol. The normalized spacial score (nSPS) is 12.6.